The highest BCUT2D eigenvalue weighted by molar-refractivity contribution is 5.89. The molecule has 0 aromatic carbocycles. The van der Waals surface area contributed by atoms with Crippen molar-refractivity contribution in [1.82, 2.24) is 34.4 Å². The van der Waals surface area contributed by atoms with Gasteiger partial charge in [0.2, 0.25) is 5.95 Å². The summed E-state index contributed by atoms with van der Waals surface area (Å²) in [5.74, 6) is 1.01. The molecule has 1 aliphatic heterocycles. The summed E-state index contributed by atoms with van der Waals surface area (Å²) in [6.45, 7) is 1.01. The van der Waals surface area contributed by atoms with Crippen molar-refractivity contribution in [3.63, 3.8) is 0 Å². The maximum Gasteiger partial charge on any atom is 0.243 e. The predicted octanol–water partition coefficient (Wildman–Crippen LogP) is 1.84. The third-order valence-corrected chi connectivity index (χ3v) is 5.10. The van der Waals surface area contributed by atoms with E-state index in [0.29, 0.717) is 30.5 Å². The Kier molecular flexibility index (Phi) is 4.20. The smallest absolute Gasteiger partial charge is 0.243 e. The number of fused-ring (bicyclic) bond motifs is 2. The Hall–Kier alpha value is -3.40. The highest BCUT2D eigenvalue weighted by atomic mass is 19.1. The molecule has 2 atom stereocenters. The minimum absolute atomic E-state index is 0.335. The minimum atomic E-state index is -0.958. The fraction of sp³-hybridized carbons (Fsp3) is 0.316. The van der Waals surface area contributed by atoms with Crippen molar-refractivity contribution in [2.75, 3.05) is 37.8 Å². The number of anilines is 2. The van der Waals surface area contributed by atoms with Gasteiger partial charge in [0.05, 0.1) is 11.7 Å². The van der Waals surface area contributed by atoms with Crippen LogP contribution in [0.15, 0.2) is 36.8 Å². The molecule has 0 amide bonds. The number of hydrogen-bond acceptors (Lipinski definition) is 8. The van der Waals surface area contributed by atoms with E-state index in [9.17, 15) is 4.39 Å². The lowest BCUT2D eigenvalue weighted by Gasteiger charge is -2.15. The molecular weight excluding hydrogens is 373 g/mol. The Labute approximate surface area is 166 Å². The van der Waals surface area contributed by atoms with Gasteiger partial charge in [-0.05, 0) is 25.2 Å². The molecule has 0 saturated carbocycles. The van der Waals surface area contributed by atoms with Gasteiger partial charge in [-0.15, -0.1) is 5.10 Å². The third-order valence-electron chi connectivity index (χ3n) is 5.10. The topological polar surface area (TPSA) is 96.2 Å². The number of likely N-dealkylation sites (N-methyl/N-ethyl adjacent to an activating group) is 1. The van der Waals surface area contributed by atoms with Crippen LogP contribution in [-0.2, 0) is 0 Å². The summed E-state index contributed by atoms with van der Waals surface area (Å²) in [6, 6.07) is 5.39. The van der Waals surface area contributed by atoms with Gasteiger partial charge in [0.15, 0.2) is 11.5 Å². The Morgan fingerprint density at radius 1 is 1.10 bits per heavy atom. The average molecular weight is 393 g/mol. The van der Waals surface area contributed by atoms with Crippen LogP contribution in [0.3, 0.4) is 0 Å². The molecule has 0 spiro atoms. The summed E-state index contributed by atoms with van der Waals surface area (Å²) in [5.41, 5.74) is 3.72. The first-order valence-electron chi connectivity index (χ1n) is 9.37. The maximum absolute atomic E-state index is 14.2. The number of hydrogen-bond donors (Lipinski definition) is 2. The number of rotatable bonds is 4. The second-order valence-corrected chi connectivity index (χ2v) is 7.14. The van der Waals surface area contributed by atoms with Crippen LogP contribution < -0.4 is 10.6 Å². The van der Waals surface area contributed by atoms with E-state index in [1.165, 1.54) is 0 Å². The van der Waals surface area contributed by atoms with E-state index in [-0.39, 0.29) is 6.04 Å². The fourth-order valence-corrected chi connectivity index (χ4v) is 3.72. The molecule has 0 unspecified atom stereocenters. The summed E-state index contributed by atoms with van der Waals surface area (Å²) in [4.78, 5) is 19.7. The molecular formula is C19H20FN9. The number of nitrogens with one attached hydrogen (secondary N) is 2. The molecule has 2 N–H and O–H groups in total. The van der Waals surface area contributed by atoms with Gasteiger partial charge in [-0.2, -0.15) is 4.98 Å². The zero-order chi connectivity index (χ0) is 20.0. The van der Waals surface area contributed by atoms with Gasteiger partial charge < -0.3 is 15.5 Å². The van der Waals surface area contributed by atoms with Gasteiger partial charge >= 0.3 is 0 Å². The van der Waals surface area contributed by atoms with Gasteiger partial charge in [0, 0.05) is 44.3 Å². The van der Waals surface area contributed by atoms with Gasteiger partial charge in [-0.25, -0.2) is 18.9 Å². The zero-order valence-corrected chi connectivity index (χ0v) is 16.0. The molecule has 1 fully saturated rings. The Bertz CT molecular complexity index is 1190. The number of nitrogens with zero attached hydrogens (tertiary/aromatic N) is 7. The third kappa shape index (κ3) is 3.11. The van der Waals surface area contributed by atoms with E-state index in [1.807, 2.05) is 36.3 Å². The SMILES string of the molecule is CNc1nc(N[C@H]2CN(C)C[C@H]2F)nn2ccc(-c3ccc4nccnc4n3)c12. The molecule has 1 aliphatic rings. The van der Waals surface area contributed by atoms with Crippen LogP contribution in [0.4, 0.5) is 16.2 Å². The van der Waals surface area contributed by atoms with Crippen molar-refractivity contribution in [2.45, 2.75) is 12.2 Å². The van der Waals surface area contributed by atoms with E-state index in [0.717, 1.165) is 22.3 Å². The largest absolute Gasteiger partial charge is 0.371 e. The minimum Gasteiger partial charge on any atom is -0.371 e. The molecule has 4 aromatic heterocycles. The van der Waals surface area contributed by atoms with Crippen molar-refractivity contribution in [3.05, 3.63) is 36.8 Å². The molecule has 0 radical (unpaired) electrons. The quantitative estimate of drug-likeness (QED) is 0.542. The molecule has 5 rings (SSSR count). The molecule has 1 saturated heterocycles. The van der Waals surface area contributed by atoms with Crippen molar-refractivity contribution in [2.24, 2.45) is 0 Å². The van der Waals surface area contributed by atoms with Crippen molar-refractivity contribution in [3.8, 4) is 11.3 Å². The molecule has 148 valence electrons. The lowest BCUT2D eigenvalue weighted by atomic mass is 10.2. The zero-order valence-electron chi connectivity index (χ0n) is 16.0. The summed E-state index contributed by atoms with van der Waals surface area (Å²) in [5, 5.41) is 10.8. The molecule has 4 aromatic rings. The molecule has 0 bridgehead atoms. The van der Waals surface area contributed by atoms with Crippen molar-refractivity contribution >= 4 is 28.4 Å². The molecule has 10 heteroatoms. The molecule has 5 heterocycles. The first-order chi connectivity index (χ1) is 14.1. The van der Waals surface area contributed by atoms with Crippen molar-refractivity contribution < 1.29 is 4.39 Å². The van der Waals surface area contributed by atoms with Crippen LogP contribution in [0.25, 0.3) is 27.9 Å². The van der Waals surface area contributed by atoms with Gasteiger partial charge in [0.25, 0.3) is 0 Å². The normalized spacial score (nSPS) is 19.8. The summed E-state index contributed by atoms with van der Waals surface area (Å²) >= 11 is 0. The van der Waals surface area contributed by atoms with Gasteiger partial charge in [0.1, 0.15) is 17.2 Å². The average Bonchev–Trinajstić information content (AvgIpc) is 3.29. The van der Waals surface area contributed by atoms with E-state index in [4.69, 9.17) is 0 Å². The number of halogens is 1. The van der Waals surface area contributed by atoms with Crippen LogP contribution >= 0.6 is 0 Å². The van der Waals surface area contributed by atoms with Crippen LogP contribution in [0, 0.1) is 0 Å². The monoisotopic (exact) mass is 393 g/mol. The first-order valence-corrected chi connectivity index (χ1v) is 9.37. The van der Waals surface area contributed by atoms with E-state index in [2.05, 4.69) is 35.7 Å². The second kappa shape index (κ2) is 6.89. The highest BCUT2D eigenvalue weighted by Crippen LogP contribution is 2.30. The standard InChI is InChI=1S/C19H20FN9/c1-21-18-16-11(13-3-4-14-17(24-13)23-7-6-22-14)5-8-29(16)27-19(26-18)25-15-10-28(2)9-12(15)20/h3-8,12,15H,9-10H2,1-2H3,(H2,21,25,26,27)/t12-,15+/m1/s1. The van der Waals surface area contributed by atoms with Gasteiger partial charge in [-0.1, -0.05) is 0 Å². The fourth-order valence-electron chi connectivity index (χ4n) is 3.72. The van der Waals surface area contributed by atoms with E-state index in [1.54, 1.807) is 24.0 Å². The van der Waals surface area contributed by atoms with E-state index < -0.39 is 6.17 Å². The predicted molar refractivity (Wildman–Crippen MR) is 109 cm³/mol. The summed E-state index contributed by atoms with van der Waals surface area (Å²) < 4.78 is 15.9. The lowest BCUT2D eigenvalue weighted by Crippen LogP contribution is -2.30. The Balaban J connectivity index is 1.56. The summed E-state index contributed by atoms with van der Waals surface area (Å²) in [6.07, 6.45) is 4.15. The number of alkyl halides is 1. The highest BCUT2D eigenvalue weighted by Gasteiger charge is 2.31. The number of likely N-dealkylation sites (tertiary alicyclic amines) is 1. The Morgan fingerprint density at radius 3 is 2.76 bits per heavy atom. The first kappa shape index (κ1) is 17.7. The van der Waals surface area contributed by atoms with Crippen LogP contribution in [0.2, 0.25) is 0 Å². The maximum atomic E-state index is 14.2. The summed E-state index contributed by atoms with van der Waals surface area (Å²) in [7, 11) is 3.69. The lowest BCUT2D eigenvalue weighted by molar-refractivity contribution is 0.314. The number of pyridine rings is 1. The van der Waals surface area contributed by atoms with Crippen LogP contribution in [-0.4, -0.2) is 73.8 Å². The molecule has 9 nitrogen and oxygen atoms in total. The Morgan fingerprint density at radius 2 is 1.97 bits per heavy atom. The number of aromatic nitrogens is 6. The van der Waals surface area contributed by atoms with Crippen LogP contribution in [0.5, 0.6) is 0 Å². The molecule has 29 heavy (non-hydrogen) atoms. The second-order valence-electron chi connectivity index (χ2n) is 7.14. The van der Waals surface area contributed by atoms with Crippen molar-refractivity contribution in [1.29, 1.82) is 0 Å². The van der Waals surface area contributed by atoms with E-state index >= 15 is 0 Å². The van der Waals surface area contributed by atoms with Crippen LogP contribution in [0.1, 0.15) is 0 Å². The molecule has 0 aliphatic carbocycles. The van der Waals surface area contributed by atoms with Gasteiger partial charge in [-0.3, -0.25) is 4.98 Å².